The number of halogens is 2. The highest BCUT2D eigenvalue weighted by Gasteiger charge is 2.05. The molecule has 0 saturated carbocycles. The van der Waals surface area contributed by atoms with Gasteiger partial charge in [0.25, 0.3) is 0 Å². The molecule has 2 rings (SSSR count). The number of nitrogens with one attached hydrogen (secondary N) is 1. The lowest BCUT2D eigenvalue weighted by Crippen LogP contribution is -2.26. The van der Waals surface area contributed by atoms with Gasteiger partial charge in [0.1, 0.15) is 5.82 Å². The molecule has 22 heavy (non-hydrogen) atoms. The smallest absolute Gasteiger partial charge is 0.220 e. The summed E-state index contributed by atoms with van der Waals surface area (Å²) in [7, 11) is 0. The fraction of sp³-hybridized carbons (Fsp3) is 0.278. The summed E-state index contributed by atoms with van der Waals surface area (Å²) in [5, 5.41) is 3.54. The van der Waals surface area contributed by atoms with Crippen LogP contribution >= 0.6 is 11.6 Å². The third-order valence-electron chi connectivity index (χ3n) is 3.55. The van der Waals surface area contributed by atoms with Crippen LogP contribution in [0, 0.1) is 12.7 Å². The highest BCUT2D eigenvalue weighted by molar-refractivity contribution is 6.31. The molecule has 0 aliphatic rings. The molecule has 0 spiro atoms. The Bertz CT molecular complexity index is 657. The van der Waals surface area contributed by atoms with Crippen molar-refractivity contribution in [3.8, 4) is 0 Å². The maximum atomic E-state index is 13.4. The number of amides is 1. The van der Waals surface area contributed by atoms with Crippen molar-refractivity contribution in [3.63, 3.8) is 0 Å². The van der Waals surface area contributed by atoms with Gasteiger partial charge in [-0.2, -0.15) is 0 Å². The molecule has 0 fully saturated rings. The third-order valence-corrected chi connectivity index (χ3v) is 3.96. The van der Waals surface area contributed by atoms with Crippen LogP contribution in [0.3, 0.4) is 0 Å². The summed E-state index contributed by atoms with van der Waals surface area (Å²) in [4.78, 5) is 11.8. The fourth-order valence-corrected chi connectivity index (χ4v) is 2.38. The van der Waals surface area contributed by atoms with Crippen LogP contribution in [0.5, 0.6) is 0 Å². The summed E-state index contributed by atoms with van der Waals surface area (Å²) < 4.78 is 13.4. The van der Waals surface area contributed by atoms with Crippen LogP contribution in [0.1, 0.15) is 23.1 Å². The van der Waals surface area contributed by atoms with Gasteiger partial charge < -0.3 is 5.32 Å². The van der Waals surface area contributed by atoms with Gasteiger partial charge >= 0.3 is 0 Å². The zero-order valence-corrected chi connectivity index (χ0v) is 13.3. The van der Waals surface area contributed by atoms with Crippen molar-refractivity contribution in [1.29, 1.82) is 0 Å². The molecule has 0 bridgehead atoms. The molecule has 0 aliphatic carbocycles. The van der Waals surface area contributed by atoms with E-state index in [0.29, 0.717) is 31.4 Å². The average molecular weight is 320 g/mol. The summed E-state index contributed by atoms with van der Waals surface area (Å²) in [6, 6.07) is 12.4. The largest absolute Gasteiger partial charge is 0.356 e. The van der Waals surface area contributed by atoms with Gasteiger partial charge in [0.2, 0.25) is 5.91 Å². The average Bonchev–Trinajstić information content (AvgIpc) is 2.50. The minimum Gasteiger partial charge on any atom is -0.356 e. The summed E-state index contributed by atoms with van der Waals surface area (Å²) in [5.74, 6) is -0.265. The van der Waals surface area contributed by atoms with Crippen LogP contribution in [0.4, 0.5) is 4.39 Å². The van der Waals surface area contributed by atoms with Gasteiger partial charge in [-0.25, -0.2) is 4.39 Å². The summed E-state index contributed by atoms with van der Waals surface area (Å²) in [6.07, 6.45) is 1.54. The van der Waals surface area contributed by atoms with Gasteiger partial charge in [-0.1, -0.05) is 41.9 Å². The van der Waals surface area contributed by atoms with Gasteiger partial charge in [0.05, 0.1) is 0 Å². The Labute approximate surface area is 135 Å². The molecule has 4 heteroatoms. The normalized spacial score (nSPS) is 10.5. The molecule has 1 N–H and O–H groups in total. The minimum absolute atomic E-state index is 0.0342. The Balaban J connectivity index is 1.74. The molecule has 0 aromatic heterocycles. The van der Waals surface area contributed by atoms with E-state index in [1.54, 1.807) is 18.2 Å². The summed E-state index contributed by atoms with van der Waals surface area (Å²) in [5.41, 5.74) is 2.69. The van der Waals surface area contributed by atoms with Crippen LogP contribution in [-0.2, 0) is 17.6 Å². The lowest BCUT2D eigenvalue weighted by atomic mass is 10.1. The minimum atomic E-state index is -0.231. The zero-order valence-electron chi connectivity index (χ0n) is 12.5. The van der Waals surface area contributed by atoms with Crippen LogP contribution in [-0.4, -0.2) is 12.5 Å². The maximum Gasteiger partial charge on any atom is 0.220 e. The monoisotopic (exact) mass is 319 g/mol. The predicted molar refractivity (Wildman–Crippen MR) is 87.6 cm³/mol. The first-order valence-corrected chi connectivity index (χ1v) is 7.69. The second kappa shape index (κ2) is 7.95. The number of rotatable bonds is 6. The lowest BCUT2D eigenvalue weighted by molar-refractivity contribution is -0.121. The zero-order chi connectivity index (χ0) is 15.9. The van der Waals surface area contributed by atoms with Gasteiger partial charge in [-0.15, -0.1) is 0 Å². The first kappa shape index (κ1) is 16.5. The summed E-state index contributed by atoms with van der Waals surface area (Å²) >= 11 is 6.06. The van der Waals surface area contributed by atoms with Crippen LogP contribution in [0.2, 0.25) is 5.02 Å². The molecule has 0 heterocycles. The van der Waals surface area contributed by atoms with E-state index in [0.717, 1.165) is 16.1 Å². The molecule has 0 unspecified atom stereocenters. The number of hydrogen-bond donors (Lipinski definition) is 1. The molecule has 116 valence electrons. The molecule has 0 atom stereocenters. The van der Waals surface area contributed by atoms with Crippen molar-refractivity contribution in [3.05, 3.63) is 70.0 Å². The van der Waals surface area contributed by atoms with E-state index < -0.39 is 0 Å². The second-order valence-electron chi connectivity index (χ2n) is 5.27. The highest BCUT2D eigenvalue weighted by Crippen LogP contribution is 2.17. The van der Waals surface area contributed by atoms with Crippen LogP contribution < -0.4 is 5.32 Å². The molecule has 2 aromatic rings. The Morgan fingerprint density at radius 1 is 1.18 bits per heavy atom. The third kappa shape index (κ3) is 4.85. The molecule has 1 amide bonds. The SMILES string of the molecule is Cc1ccc(CCC(=O)NCCc2ccccc2F)cc1Cl. The standard InChI is InChI=1S/C18H19ClFNO/c1-13-6-7-14(12-16(13)19)8-9-18(22)21-11-10-15-4-2-3-5-17(15)20/h2-7,12H,8-11H2,1H3,(H,21,22). The van der Waals surface area contributed by atoms with Gasteiger partial charge in [0, 0.05) is 18.0 Å². The van der Waals surface area contributed by atoms with E-state index in [2.05, 4.69) is 5.32 Å². The number of hydrogen-bond acceptors (Lipinski definition) is 1. The molecule has 0 radical (unpaired) electrons. The number of benzene rings is 2. The Morgan fingerprint density at radius 2 is 1.95 bits per heavy atom. The Kier molecular flexibility index (Phi) is 5.96. The Hall–Kier alpha value is -1.87. The van der Waals surface area contributed by atoms with Crippen molar-refractivity contribution >= 4 is 17.5 Å². The van der Waals surface area contributed by atoms with E-state index in [4.69, 9.17) is 11.6 Å². The van der Waals surface area contributed by atoms with Crippen molar-refractivity contribution in [1.82, 2.24) is 5.32 Å². The highest BCUT2D eigenvalue weighted by atomic mass is 35.5. The van der Waals surface area contributed by atoms with Gasteiger partial charge in [0.15, 0.2) is 0 Å². The molecule has 0 saturated heterocycles. The quantitative estimate of drug-likeness (QED) is 0.854. The van der Waals surface area contributed by atoms with Crippen LogP contribution in [0.25, 0.3) is 0 Å². The van der Waals surface area contributed by atoms with Crippen molar-refractivity contribution in [2.45, 2.75) is 26.2 Å². The lowest BCUT2D eigenvalue weighted by Gasteiger charge is -2.07. The van der Waals surface area contributed by atoms with E-state index in [1.165, 1.54) is 6.07 Å². The molecule has 0 aliphatic heterocycles. The van der Waals surface area contributed by atoms with E-state index >= 15 is 0 Å². The van der Waals surface area contributed by atoms with Gasteiger partial charge in [-0.3, -0.25) is 4.79 Å². The topological polar surface area (TPSA) is 29.1 Å². The first-order valence-electron chi connectivity index (χ1n) is 7.31. The van der Waals surface area contributed by atoms with Crippen molar-refractivity contribution in [2.24, 2.45) is 0 Å². The number of carbonyl (C=O) groups excluding carboxylic acids is 1. The van der Waals surface area contributed by atoms with Crippen LogP contribution in [0.15, 0.2) is 42.5 Å². The Morgan fingerprint density at radius 3 is 2.68 bits per heavy atom. The first-order chi connectivity index (χ1) is 10.6. The molecule has 2 aromatic carbocycles. The molecular weight excluding hydrogens is 301 g/mol. The van der Waals surface area contributed by atoms with Crippen molar-refractivity contribution < 1.29 is 9.18 Å². The van der Waals surface area contributed by atoms with E-state index in [-0.39, 0.29) is 11.7 Å². The maximum absolute atomic E-state index is 13.4. The van der Waals surface area contributed by atoms with E-state index in [1.807, 2.05) is 25.1 Å². The van der Waals surface area contributed by atoms with Crippen molar-refractivity contribution in [2.75, 3.05) is 6.54 Å². The number of aryl methyl sites for hydroxylation is 2. The fourth-order valence-electron chi connectivity index (χ4n) is 2.18. The second-order valence-corrected chi connectivity index (χ2v) is 5.68. The molecular formula is C18H19ClFNO. The van der Waals surface area contributed by atoms with Gasteiger partial charge in [-0.05, 0) is 48.6 Å². The van der Waals surface area contributed by atoms with E-state index in [9.17, 15) is 9.18 Å². The predicted octanol–water partition coefficient (Wildman–Crippen LogP) is 4.08. The number of carbonyl (C=O) groups is 1. The summed E-state index contributed by atoms with van der Waals surface area (Å²) in [6.45, 7) is 2.38. The molecule has 2 nitrogen and oxygen atoms in total.